The van der Waals surface area contributed by atoms with Crippen LogP contribution in [-0.4, -0.2) is 79.7 Å². The molecule has 1 aromatic carbocycles. The van der Waals surface area contributed by atoms with Gasteiger partial charge >= 0.3 is 0 Å². The Hall–Kier alpha value is -5.11. The number of nitrogen functional groups attached to an aromatic ring is 1. The van der Waals surface area contributed by atoms with Gasteiger partial charge in [0.25, 0.3) is 6.43 Å². The van der Waals surface area contributed by atoms with Crippen molar-refractivity contribution in [1.82, 2.24) is 30.5 Å². The number of amides is 2. The van der Waals surface area contributed by atoms with Crippen LogP contribution in [-0.2, 0) is 9.59 Å². The number of nitrogens with one attached hydrogen (secondary N) is 2. The SMILES string of the molecule is C=N/C(=C\C=C/CCOc1nc(N)nc(-c2ccc(F)cc2)c1-c1cc(C)nc(C(F)F)c1)CNCC(=O)N(C)C.CC.CNC=O. The molecule has 0 spiro atoms. The topological polar surface area (TPSA) is 148 Å². The molecule has 14 heteroatoms. The van der Waals surface area contributed by atoms with Gasteiger partial charge in [0, 0.05) is 38.9 Å². The van der Waals surface area contributed by atoms with Gasteiger partial charge in [0.15, 0.2) is 0 Å². The van der Waals surface area contributed by atoms with Crippen molar-refractivity contribution in [2.75, 3.05) is 46.6 Å². The highest BCUT2D eigenvalue weighted by Gasteiger charge is 2.21. The second-order valence-corrected chi connectivity index (χ2v) is 9.52. The van der Waals surface area contributed by atoms with Gasteiger partial charge in [-0.1, -0.05) is 26.0 Å². The summed E-state index contributed by atoms with van der Waals surface area (Å²) in [4.78, 5) is 38.7. The van der Waals surface area contributed by atoms with Gasteiger partial charge in [-0.25, -0.2) is 18.2 Å². The second kappa shape index (κ2) is 21.6. The first kappa shape index (κ1) is 39.9. The Kier molecular flexibility index (Phi) is 18.3. The van der Waals surface area contributed by atoms with Crippen LogP contribution in [0.1, 0.15) is 38.1 Å². The second-order valence-electron chi connectivity index (χ2n) is 9.52. The number of rotatable bonds is 14. The highest BCUT2D eigenvalue weighted by atomic mass is 19.3. The van der Waals surface area contributed by atoms with E-state index in [2.05, 4.69) is 37.3 Å². The molecule has 0 unspecified atom stereocenters. The lowest BCUT2D eigenvalue weighted by Gasteiger charge is -2.16. The fraction of sp³-hybridized carbons (Fsp3) is 0.333. The summed E-state index contributed by atoms with van der Waals surface area (Å²) in [5, 5.41) is 5.25. The van der Waals surface area contributed by atoms with E-state index in [9.17, 15) is 18.0 Å². The number of ether oxygens (including phenoxy) is 1. The largest absolute Gasteiger partial charge is 0.477 e. The number of carbonyl (C=O) groups excluding carboxylic acids is 2. The van der Waals surface area contributed by atoms with Crippen LogP contribution in [0.15, 0.2) is 65.3 Å². The van der Waals surface area contributed by atoms with E-state index < -0.39 is 17.9 Å². The molecule has 0 fully saturated rings. The highest BCUT2D eigenvalue weighted by molar-refractivity contribution is 5.85. The van der Waals surface area contributed by atoms with Crippen LogP contribution < -0.4 is 21.1 Å². The smallest absolute Gasteiger partial charge is 0.280 e. The standard InChI is InChI=1S/C29H32F3N7O2.C2H5NO.C2H6/c1-18-14-20(15-23(36-18)27(31)32)25-26(19-9-11-21(30)12-10-19)37-29(33)38-28(25)41-13-7-5-6-8-22(34-2)16-35-17-24(40)39(3)4;1-3-2-4;1-2/h5-6,8-12,14-15,27,35H,2,7,13,16-17H2,1,3-4H3,(H2,33,37,38);2H,1H3,(H,3,4);1-2H3/b6-5-,22-8-;;. The molecule has 0 aliphatic carbocycles. The molecule has 4 N–H and O–H groups in total. The van der Waals surface area contributed by atoms with Gasteiger partial charge in [-0.15, -0.1) is 0 Å². The van der Waals surface area contributed by atoms with Crippen LogP contribution in [0.5, 0.6) is 5.88 Å². The minimum Gasteiger partial charge on any atom is -0.477 e. The summed E-state index contributed by atoms with van der Waals surface area (Å²) in [6.07, 6.45) is 3.67. The van der Waals surface area contributed by atoms with E-state index in [4.69, 9.17) is 15.3 Å². The maximum atomic E-state index is 13.6. The molecule has 0 atom stereocenters. The van der Waals surface area contributed by atoms with Gasteiger partial charge in [-0.2, -0.15) is 4.98 Å². The van der Waals surface area contributed by atoms with Gasteiger partial charge in [0.1, 0.15) is 11.5 Å². The van der Waals surface area contributed by atoms with E-state index in [-0.39, 0.29) is 30.9 Å². The molecule has 0 aliphatic heterocycles. The lowest BCUT2D eigenvalue weighted by atomic mass is 9.99. The number of aliphatic imine (C=N–C) groups is 1. The molecule has 0 aliphatic rings. The van der Waals surface area contributed by atoms with Gasteiger partial charge in [-0.05, 0) is 68.1 Å². The number of hydrogen-bond acceptors (Lipinski definition) is 9. The van der Waals surface area contributed by atoms with E-state index in [0.29, 0.717) is 53.2 Å². The van der Waals surface area contributed by atoms with Gasteiger partial charge in [0.2, 0.25) is 24.1 Å². The number of halogens is 3. The third kappa shape index (κ3) is 13.8. The van der Waals surface area contributed by atoms with Gasteiger partial charge < -0.3 is 26.0 Å². The molecular formula is C33H43F3N8O3. The molecule has 2 heterocycles. The van der Waals surface area contributed by atoms with Crippen molar-refractivity contribution < 1.29 is 27.5 Å². The molecule has 11 nitrogen and oxygen atoms in total. The maximum Gasteiger partial charge on any atom is 0.280 e. The van der Waals surface area contributed by atoms with Crippen LogP contribution in [0.25, 0.3) is 22.4 Å². The number of nitrogens with zero attached hydrogens (tertiary/aromatic N) is 5. The summed E-state index contributed by atoms with van der Waals surface area (Å²) in [5.41, 5.74) is 8.09. The van der Waals surface area contributed by atoms with E-state index in [1.807, 2.05) is 19.9 Å². The minimum atomic E-state index is -2.79. The number of carbonyl (C=O) groups is 2. The number of anilines is 1. The van der Waals surface area contributed by atoms with Crippen LogP contribution in [0.3, 0.4) is 0 Å². The Morgan fingerprint density at radius 3 is 2.34 bits per heavy atom. The fourth-order valence-electron chi connectivity index (χ4n) is 3.71. The Morgan fingerprint density at radius 1 is 1.11 bits per heavy atom. The van der Waals surface area contributed by atoms with Crippen LogP contribution >= 0.6 is 0 Å². The van der Waals surface area contributed by atoms with Crippen molar-refractivity contribution in [3.8, 4) is 28.3 Å². The van der Waals surface area contributed by atoms with E-state index in [1.165, 1.54) is 35.2 Å². The number of nitrogens with two attached hydrogens (primary N) is 1. The molecule has 0 saturated carbocycles. The summed E-state index contributed by atoms with van der Waals surface area (Å²) in [5.74, 6) is -0.499. The van der Waals surface area contributed by atoms with Crippen molar-refractivity contribution in [1.29, 1.82) is 0 Å². The van der Waals surface area contributed by atoms with Crippen molar-refractivity contribution in [3.63, 3.8) is 0 Å². The van der Waals surface area contributed by atoms with Crippen LogP contribution in [0, 0.1) is 12.7 Å². The van der Waals surface area contributed by atoms with Crippen LogP contribution in [0.4, 0.5) is 19.1 Å². The number of alkyl halides is 2. The predicted molar refractivity (Wildman–Crippen MR) is 180 cm³/mol. The fourth-order valence-corrected chi connectivity index (χ4v) is 3.71. The van der Waals surface area contributed by atoms with E-state index >= 15 is 0 Å². The van der Waals surface area contributed by atoms with Crippen molar-refractivity contribution in [3.05, 3.63) is 77.5 Å². The molecule has 2 amide bonds. The first-order valence-electron chi connectivity index (χ1n) is 14.7. The van der Waals surface area contributed by atoms with Gasteiger partial charge in [-0.3, -0.25) is 19.6 Å². The molecular weight excluding hydrogens is 613 g/mol. The molecule has 3 aromatic rings. The maximum absolute atomic E-state index is 13.6. The average molecular weight is 657 g/mol. The number of aryl methyl sites for hydroxylation is 1. The quantitative estimate of drug-likeness (QED) is 0.0935. The molecule has 254 valence electrons. The monoisotopic (exact) mass is 656 g/mol. The lowest BCUT2D eigenvalue weighted by molar-refractivity contribution is -0.127. The molecule has 0 radical (unpaired) electrons. The third-order valence-corrected chi connectivity index (χ3v) is 5.85. The van der Waals surface area contributed by atoms with E-state index in [0.717, 1.165) is 0 Å². The number of allylic oxidation sites excluding steroid dienone is 2. The normalized spacial score (nSPS) is 10.8. The lowest BCUT2D eigenvalue weighted by Crippen LogP contribution is -2.33. The summed E-state index contributed by atoms with van der Waals surface area (Å²) < 4.78 is 46.8. The van der Waals surface area contributed by atoms with Crippen molar-refractivity contribution in [2.24, 2.45) is 4.99 Å². The summed E-state index contributed by atoms with van der Waals surface area (Å²) in [6.45, 7) is 9.87. The Balaban J connectivity index is 0.00000171. The van der Waals surface area contributed by atoms with Gasteiger partial charge in [0.05, 0.1) is 30.1 Å². The molecule has 47 heavy (non-hydrogen) atoms. The zero-order chi connectivity index (χ0) is 35.4. The Bertz CT molecular complexity index is 1500. The molecule has 3 rings (SSSR count). The zero-order valence-corrected chi connectivity index (χ0v) is 27.6. The molecule has 0 bridgehead atoms. The predicted octanol–water partition coefficient (Wildman–Crippen LogP) is 5.15. The Labute approximate surface area is 273 Å². The molecule has 0 saturated heterocycles. The number of aromatic nitrogens is 3. The van der Waals surface area contributed by atoms with Crippen LogP contribution in [0.2, 0.25) is 0 Å². The first-order valence-corrected chi connectivity index (χ1v) is 14.7. The first-order chi connectivity index (χ1) is 22.5. The zero-order valence-electron chi connectivity index (χ0n) is 27.6. The summed E-state index contributed by atoms with van der Waals surface area (Å²) in [6, 6.07) is 8.42. The van der Waals surface area contributed by atoms with Crippen molar-refractivity contribution >= 4 is 25.0 Å². The number of likely N-dealkylation sites (N-methyl/N-ethyl adjacent to an activating group) is 1. The third-order valence-electron chi connectivity index (χ3n) is 5.85. The summed E-state index contributed by atoms with van der Waals surface area (Å²) in [7, 11) is 4.92. The highest BCUT2D eigenvalue weighted by Crippen LogP contribution is 2.39. The number of hydrogen-bond donors (Lipinski definition) is 3. The van der Waals surface area contributed by atoms with E-state index in [1.54, 1.807) is 46.3 Å². The minimum absolute atomic E-state index is 0.0548. The Morgan fingerprint density at radius 2 is 1.77 bits per heavy atom. The molecule has 2 aromatic heterocycles. The number of benzene rings is 1. The average Bonchev–Trinajstić information content (AvgIpc) is 3.06. The number of pyridine rings is 1. The summed E-state index contributed by atoms with van der Waals surface area (Å²) >= 11 is 0. The van der Waals surface area contributed by atoms with Crippen molar-refractivity contribution in [2.45, 2.75) is 33.6 Å².